The summed E-state index contributed by atoms with van der Waals surface area (Å²) in [4.78, 5) is 15.4. The number of hydrogen-bond acceptors (Lipinski definition) is 2. The summed E-state index contributed by atoms with van der Waals surface area (Å²) >= 11 is 0. The summed E-state index contributed by atoms with van der Waals surface area (Å²) in [6.07, 6.45) is 1.40. The topological polar surface area (TPSA) is 23.6 Å². The molecule has 19 heavy (non-hydrogen) atoms. The van der Waals surface area contributed by atoms with E-state index in [9.17, 15) is 13.6 Å². The van der Waals surface area contributed by atoms with Gasteiger partial charge in [-0.05, 0) is 18.6 Å². The lowest BCUT2D eigenvalue weighted by molar-refractivity contribution is -0.131. The minimum Gasteiger partial charge on any atom is -0.366 e. The number of hydrogen-bond donors (Lipinski definition) is 0. The van der Waals surface area contributed by atoms with Crippen LogP contribution in [0.5, 0.6) is 0 Å². The lowest BCUT2D eigenvalue weighted by atomic mass is 10.2. The van der Waals surface area contributed by atoms with Crippen molar-refractivity contribution < 1.29 is 13.6 Å². The third kappa shape index (κ3) is 3.22. The van der Waals surface area contributed by atoms with Crippen molar-refractivity contribution in [2.45, 2.75) is 19.8 Å². The second kappa shape index (κ2) is 5.99. The average molecular weight is 268 g/mol. The van der Waals surface area contributed by atoms with Crippen LogP contribution in [0.1, 0.15) is 19.8 Å². The van der Waals surface area contributed by atoms with Gasteiger partial charge in [-0.25, -0.2) is 8.78 Å². The molecule has 5 heteroatoms. The molecule has 0 spiro atoms. The molecular formula is C14H18F2N2O. The Balaban J connectivity index is 1.98. The molecule has 0 saturated carbocycles. The molecule has 1 fully saturated rings. The summed E-state index contributed by atoms with van der Waals surface area (Å²) in [6.45, 7) is 4.32. The van der Waals surface area contributed by atoms with Crippen LogP contribution in [0.4, 0.5) is 14.5 Å². The smallest absolute Gasteiger partial charge is 0.222 e. The Bertz CT molecular complexity index is 457. The van der Waals surface area contributed by atoms with Gasteiger partial charge in [0.25, 0.3) is 0 Å². The molecule has 0 aliphatic carbocycles. The molecule has 0 radical (unpaired) electrons. The summed E-state index contributed by atoms with van der Waals surface area (Å²) in [5.41, 5.74) is 0.406. The Morgan fingerprint density at radius 2 is 1.89 bits per heavy atom. The molecule has 1 heterocycles. The molecule has 1 aliphatic rings. The molecule has 0 atom stereocenters. The third-order valence-corrected chi connectivity index (χ3v) is 3.35. The number of benzene rings is 1. The summed E-state index contributed by atoms with van der Waals surface area (Å²) < 4.78 is 26.5. The largest absolute Gasteiger partial charge is 0.366 e. The standard InChI is InChI=1S/C14H18F2N2O/c1-2-3-14(19)18-8-6-17(7-9-18)13-5-4-11(15)10-12(13)16/h4-5,10H,2-3,6-9H2,1H3. The summed E-state index contributed by atoms with van der Waals surface area (Å²) in [6, 6.07) is 3.60. The summed E-state index contributed by atoms with van der Waals surface area (Å²) in [5.74, 6) is -0.965. The second-order valence-corrected chi connectivity index (χ2v) is 4.71. The average Bonchev–Trinajstić information content (AvgIpc) is 2.39. The van der Waals surface area contributed by atoms with Gasteiger partial charge in [-0.3, -0.25) is 4.79 Å². The van der Waals surface area contributed by atoms with Crippen molar-refractivity contribution in [3.63, 3.8) is 0 Å². The molecule has 2 rings (SSSR count). The van der Waals surface area contributed by atoms with Crippen molar-refractivity contribution in [1.29, 1.82) is 0 Å². The summed E-state index contributed by atoms with van der Waals surface area (Å²) in [5, 5.41) is 0. The van der Waals surface area contributed by atoms with Crippen LogP contribution in [0.3, 0.4) is 0 Å². The number of rotatable bonds is 3. The number of nitrogens with zero attached hydrogens (tertiary/aromatic N) is 2. The molecule has 1 aromatic rings. The van der Waals surface area contributed by atoms with E-state index in [0.717, 1.165) is 12.5 Å². The third-order valence-electron chi connectivity index (χ3n) is 3.35. The normalized spacial score (nSPS) is 15.7. The lowest BCUT2D eigenvalue weighted by Gasteiger charge is -2.36. The van der Waals surface area contributed by atoms with Crippen molar-refractivity contribution in [3.8, 4) is 0 Å². The van der Waals surface area contributed by atoms with E-state index in [0.29, 0.717) is 38.3 Å². The number of anilines is 1. The zero-order valence-electron chi connectivity index (χ0n) is 11.0. The molecule has 1 aliphatic heterocycles. The van der Waals surface area contributed by atoms with Gasteiger partial charge in [0.1, 0.15) is 11.6 Å². The molecule has 3 nitrogen and oxygen atoms in total. The van der Waals surface area contributed by atoms with E-state index in [-0.39, 0.29) is 5.91 Å². The monoisotopic (exact) mass is 268 g/mol. The summed E-state index contributed by atoms with van der Waals surface area (Å²) in [7, 11) is 0. The zero-order chi connectivity index (χ0) is 13.8. The Morgan fingerprint density at radius 1 is 1.21 bits per heavy atom. The fourth-order valence-corrected chi connectivity index (χ4v) is 2.31. The van der Waals surface area contributed by atoms with E-state index < -0.39 is 11.6 Å². The van der Waals surface area contributed by atoms with Gasteiger partial charge >= 0.3 is 0 Å². The minimum atomic E-state index is -0.571. The highest BCUT2D eigenvalue weighted by molar-refractivity contribution is 5.76. The Labute approximate surface area is 111 Å². The van der Waals surface area contributed by atoms with Crippen LogP contribution in [0, 0.1) is 11.6 Å². The van der Waals surface area contributed by atoms with E-state index >= 15 is 0 Å². The van der Waals surface area contributed by atoms with Gasteiger partial charge in [-0.2, -0.15) is 0 Å². The number of piperazine rings is 1. The maximum absolute atomic E-state index is 13.6. The predicted octanol–water partition coefficient (Wildman–Crippen LogP) is 2.41. The van der Waals surface area contributed by atoms with E-state index in [2.05, 4.69) is 0 Å². The van der Waals surface area contributed by atoms with Crippen LogP contribution in [-0.2, 0) is 4.79 Å². The fourth-order valence-electron chi connectivity index (χ4n) is 2.31. The first kappa shape index (κ1) is 13.8. The van der Waals surface area contributed by atoms with Crippen LogP contribution in [-0.4, -0.2) is 37.0 Å². The Kier molecular flexibility index (Phi) is 4.35. The van der Waals surface area contributed by atoms with E-state index in [4.69, 9.17) is 0 Å². The fraction of sp³-hybridized carbons (Fsp3) is 0.500. The van der Waals surface area contributed by atoms with Gasteiger partial charge in [0, 0.05) is 38.7 Å². The van der Waals surface area contributed by atoms with Crippen molar-refractivity contribution in [1.82, 2.24) is 4.90 Å². The highest BCUT2D eigenvalue weighted by atomic mass is 19.1. The number of carbonyl (C=O) groups excluding carboxylic acids is 1. The maximum Gasteiger partial charge on any atom is 0.222 e. The quantitative estimate of drug-likeness (QED) is 0.840. The number of halogens is 2. The van der Waals surface area contributed by atoms with Gasteiger partial charge in [0.05, 0.1) is 5.69 Å². The molecular weight excluding hydrogens is 250 g/mol. The molecule has 104 valence electrons. The van der Waals surface area contributed by atoms with Gasteiger partial charge in [-0.1, -0.05) is 6.92 Å². The van der Waals surface area contributed by atoms with E-state index in [1.165, 1.54) is 12.1 Å². The number of carbonyl (C=O) groups is 1. The van der Waals surface area contributed by atoms with E-state index in [1.54, 1.807) is 4.90 Å². The van der Waals surface area contributed by atoms with Crippen LogP contribution >= 0.6 is 0 Å². The van der Waals surface area contributed by atoms with Crippen molar-refractivity contribution in [3.05, 3.63) is 29.8 Å². The first-order chi connectivity index (χ1) is 9.11. The predicted molar refractivity (Wildman–Crippen MR) is 70.1 cm³/mol. The highest BCUT2D eigenvalue weighted by Crippen LogP contribution is 2.21. The minimum absolute atomic E-state index is 0.154. The van der Waals surface area contributed by atoms with Gasteiger partial charge in [-0.15, -0.1) is 0 Å². The highest BCUT2D eigenvalue weighted by Gasteiger charge is 2.22. The van der Waals surface area contributed by atoms with E-state index in [1.807, 2.05) is 11.8 Å². The zero-order valence-corrected chi connectivity index (χ0v) is 11.0. The maximum atomic E-state index is 13.6. The van der Waals surface area contributed by atoms with Crippen LogP contribution in [0.2, 0.25) is 0 Å². The van der Waals surface area contributed by atoms with Crippen LogP contribution < -0.4 is 4.90 Å². The SMILES string of the molecule is CCCC(=O)N1CCN(c2ccc(F)cc2F)CC1. The molecule has 1 amide bonds. The van der Waals surface area contributed by atoms with Gasteiger partial charge in [0.15, 0.2) is 0 Å². The second-order valence-electron chi connectivity index (χ2n) is 4.71. The molecule has 0 N–H and O–H groups in total. The van der Waals surface area contributed by atoms with Gasteiger partial charge < -0.3 is 9.80 Å². The Morgan fingerprint density at radius 3 is 2.47 bits per heavy atom. The van der Waals surface area contributed by atoms with Crippen LogP contribution in [0.15, 0.2) is 18.2 Å². The van der Waals surface area contributed by atoms with Crippen LogP contribution in [0.25, 0.3) is 0 Å². The molecule has 0 unspecified atom stereocenters. The molecule has 0 aromatic heterocycles. The van der Waals surface area contributed by atoms with Crippen molar-refractivity contribution in [2.75, 3.05) is 31.1 Å². The molecule has 1 saturated heterocycles. The van der Waals surface area contributed by atoms with Crippen molar-refractivity contribution >= 4 is 11.6 Å². The first-order valence-electron chi connectivity index (χ1n) is 6.59. The Hall–Kier alpha value is -1.65. The molecule has 0 bridgehead atoms. The molecule has 1 aromatic carbocycles. The first-order valence-corrected chi connectivity index (χ1v) is 6.59. The lowest BCUT2D eigenvalue weighted by Crippen LogP contribution is -2.49. The van der Waals surface area contributed by atoms with Gasteiger partial charge in [0.2, 0.25) is 5.91 Å². The number of amides is 1. The van der Waals surface area contributed by atoms with Crippen molar-refractivity contribution in [2.24, 2.45) is 0 Å².